The van der Waals surface area contributed by atoms with Crippen molar-refractivity contribution in [3.63, 3.8) is 0 Å². The second-order valence-corrected chi connectivity index (χ2v) is 8.54. The van der Waals surface area contributed by atoms with Gasteiger partial charge in [0.15, 0.2) is 5.75 Å². The lowest BCUT2D eigenvalue weighted by Crippen LogP contribution is -2.17. The number of aromatic nitrogens is 1. The molecule has 0 fully saturated rings. The van der Waals surface area contributed by atoms with Gasteiger partial charge in [-0.15, -0.1) is 0 Å². The van der Waals surface area contributed by atoms with Crippen LogP contribution in [0, 0.1) is 3.57 Å². The van der Waals surface area contributed by atoms with E-state index in [1.165, 1.54) is 18.6 Å². The number of nitrogens with zero attached hydrogens (tertiary/aromatic N) is 2. The van der Waals surface area contributed by atoms with Gasteiger partial charge < -0.3 is 4.74 Å². The topological polar surface area (TPSA) is 80.6 Å². The Kier molecular flexibility index (Phi) is 7.51. The normalized spacial score (nSPS) is 10.7. The molecule has 0 saturated carbocycles. The van der Waals surface area contributed by atoms with E-state index < -0.39 is 5.97 Å². The van der Waals surface area contributed by atoms with Gasteiger partial charge in [0.1, 0.15) is 0 Å². The Morgan fingerprint density at radius 3 is 2.55 bits per heavy atom. The quantitative estimate of drug-likeness (QED) is 0.139. The summed E-state index contributed by atoms with van der Waals surface area (Å²) in [6.07, 6.45) is 4.45. The molecule has 0 atom stereocenters. The molecule has 3 aromatic rings. The zero-order chi connectivity index (χ0) is 20.8. The van der Waals surface area contributed by atoms with Crippen LogP contribution in [0.4, 0.5) is 0 Å². The van der Waals surface area contributed by atoms with Crippen LogP contribution in [0.25, 0.3) is 0 Å². The molecule has 1 N–H and O–H groups in total. The van der Waals surface area contributed by atoms with E-state index in [1.54, 1.807) is 36.4 Å². The van der Waals surface area contributed by atoms with Gasteiger partial charge in [0.05, 0.1) is 16.3 Å². The van der Waals surface area contributed by atoms with Gasteiger partial charge in [-0.2, -0.15) is 5.10 Å². The SMILES string of the molecule is O=C(N/N=C/c1cc(Br)cc(Br)c1OC(=O)c1ccccc1I)c1ccncc1. The molecule has 29 heavy (non-hydrogen) atoms. The second-order valence-electron chi connectivity index (χ2n) is 5.61. The van der Waals surface area contributed by atoms with Crippen LogP contribution in [0.5, 0.6) is 5.75 Å². The highest BCUT2D eigenvalue weighted by molar-refractivity contribution is 14.1. The molecule has 3 rings (SSSR count). The standard InChI is InChI=1S/C20H12Br2IN3O3/c21-14-9-13(11-25-26-19(27)12-5-7-24-8-6-12)18(16(22)10-14)29-20(28)15-3-1-2-4-17(15)23/h1-11H,(H,26,27)/b25-11+. The highest BCUT2D eigenvalue weighted by Gasteiger charge is 2.17. The summed E-state index contributed by atoms with van der Waals surface area (Å²) in [6, 6.07) is 13.8. The highest BCUT2D eigenvalue weighted by atomic mass is 127. The Labute approximate surface area is 197 Å². The molecule has 2 aromatic carbocycles. The van der Waals surface area contributed by atoms with Crippen molar-refractivity contribution >= 4 is 72.5 Å². The number of benzene rings is 2. The Balaban J connectivity index is 1.83. The zero-order valence-corrected chi connectivity index (χ0v) is 19.9. The number of hydrogen-bond acceptors (Lipinski definition) is 5. The largest absolute Gasteiger partial charge is 0.421 e. The molecule has 1 heterocycles. The third-order valence-corrected chi connectivity index (χ3v) is 5.63. The summed E-state index contributed by atoms with van der Waals surface area (Å²) in [4.78, 5) is 28.6. The number of pyridine rings is 1. The van der Waals surface area contributed by atoms with Crippen LogP contribution in [0.3, 0.4) is 0 Å². The monoisotopic (exact) mass is 627 g/mol. The van der Waals surface area contributed by atoms with Crippen LogP contribution >= 0.6 is 54.5 Å². The van der Waals surface area contributed by atoms with Gasteiger partial charge in [-0.05, 0) is 74.9 Å². The van der Waals surface area contributed by atoms with Crippen molar-refractivity contribution in [1.82, 2.24) is 10.4 Å². The van der Waals surface area contributed by atoms with Gasteiger partial charge >= 0.3 is 5.97 Å². The van der Waals surface area contributed by atoms with Gasteiger partial charge in [-0.3, -0.25) is 9.78 Å². The molecule has 0 saturated heterocycles. The minimum atomic E-state index is -0.492. The molecule has 0 aliphatic heterocycles. The summed E-state index contributed by atoms with van der Waals surface area (Å²) in [5, 5.41) is 3.98. The van der Waals surface area contributed by atoms with Gasteiger partial charge in [0.2, 0.25) is 0 Å². The lowest BCUT2D eigenvalue weighted by Gasteiger charge is -2.11. The van der Waals surface area contributed by atoms with E-state index in [4.69, 9.17) is 4.74 Å². The minimum Gasteiger partial charge on any atom is -0.421 e. The summed E-state index contributed by atoms with van der Waals surface area (Å²) in [6.45, 7) is 0. The van der Waals surface area contributed by atoms with Crippen molar-refractivity contribution in [2.75, 3.05) is 0 Å². The number of amides is 1. The fourth-order valence-electron chi connectivity index (χ4n) is 2.29. The number of carbonyl (C=O) groups is 2. The predicted molar refractivity (Wildman–Crippen MR) is 125 cm³/mol. The summed E-state index contributed by atoms with van der Waals surface area (Å²) < 4.78 is 7.71. The fourth-order valence-corrected chi connectivity index (χ4v) is 4.23. The predicted octanol–water partition coefficient (Wildman–Crippen LogP) is 5.19. The first kappa shape index (κ1) is 21.6. The Bertz CT molecular complexity index is 1090. The maximum absolute atomic E-state index is 12.6. The van der Waals surface area contributed by atoms with Crippen molar-refractivity contribution in [2.45, 2.75) is 0 Å². The lowest BCUT2D eigenvalue weighted by atomic mass is 10.2. The summed E-state index contributed by atoms with van der Waals surface area (Å²) in [5.74, 6) is -0.580. The molecule has 1 amide bonds. The lowest BCUT2D eigenvalue weighted by molar-refractivity contribution is 0.0731. The van der Waals surface area contributed by atoms with Crippen LogP contribution in [0.15, 0.2) is 75.0 Å². The number of nitrogens with one attached hydrogen (secondary N) is 1. The molecule has 0 unspecified atom stereocenters. The van der Waals surface area contributed by atoms with Crippen molar-refractivity contribution in [3.05, 3.63) is 90.1 Å². The molecule has 9 heteroatoms. The van der Waals surface area contributed by atoms with E-state index in [2.05, 4.69) is 70.0 Å². The molecule has 0 radical (unpaired) electrons. The van der Waals surface area contributed by atoms with Gasteiger partial charge in [0.25, 0.3) is 5.91 Å². The number of ether oxygens (including phenoxy) is 1. The van der Waals surface area contributed by atoms with E-state index in [0.717, 1.165) is 8.04 Å². The third kappa shape index (κ3) is 5.71. The molecular weight excluding hydrogens is 617 g/mol. The Morgan fingerprint density at radius 2 is 1.83 bits per heavy atom. The number of esters is 1. The first-order valence-electron chi connectivity index (χ1n) is 8.15. The van der Waals surface area contributed by atoms with Crippen LogP contribution in [0.2, 0.25) is 0 Å². The molecule has 0 aliphatic carbocycles. The van der Waals surface area contributed by atoms with Gasteiger partial charge in [-0.1, -0.05) is 28.1 Å². The Morgan fingerprint density at radius 1 is 1.10 bits per heavy atom. The fraction of sp³-hybridized carbons (Fsp3) is 0. The average Bonchev–Trinajstić information content (AvgIpc) is 2.71. The van der Waals surface area contributed by atoms with E-state index in [0.29, 0.717) is 26.9 Å². The molecule has 1 aromatic heterocycles. The molecule has 0 bridgehead atoms. The maximum Gasteiger partial charge on any atom is 0.344 e. The van der Waals surface area contributed by atoms with E-state index >= 15 is 0 Å². The van der Waals surface area contributed by atoms with E-state index in [1.807, 2.05) is 12.1 Å². The zero-order valence-electron chi connectivity index (χ0n) is 14.6. The first-order valence-corrected chi connectivity index (χ1v) is 10.8. The minimum absolute atomic E-state index is 0.291. The highest BCUT2D eigenvalue weighted by Crippen LogP contribution is 2.33. The first-order chi connectivity index (χ1) is 14.0. The molecule has 0 spiro atoms. The van der Waals surface area contributed by atoms with Crippen LogP contribution in [-0.4, -0.2) is 23.1 Å². The van der Waals surface area contributed by atoms with Crippen LogP contribution in [-0.2, 0) is 0 Å². The van der Waals surface area contributed by atoms with Crippen molar-refractivity contribution in [3.8, 4) is 5.75 Å². The van der Waals surface area contributed by atoms with E-state index in [9.17, 15) is 9.59 Å². The molecular formula is C20H12Br2IN3O3. The number of rotatable bonds is 5. The average molecular weight is 629 g/mol. The van der Waals surface area contributed by atoms with E-state index in [-0.39, 0.29) is 5.91 Å². The number of hydrogen-bond donors (Lipinski definition) is 1. The second kappa shape index (κ2) is 10.1. The maximum atomic E-state index is 12.6. The molecule has 0 aliphatic rings. The summed E-state index contributed by atoms with van der Waals surface area (Å²) in [7, 11) is 0. The summed E-state index contributed by atoms with van der Waals surface area (Å²) >= 11 is 8.89. The number of halogens is 3. The van der Waals surface area contributed by atoms with Crippen molar-refractivity contribution < 1.29 is 14.3 Å². The summed E-state index contributed by atoms with van der Waals surface area (Å²) in [5.41, 5.74) is 3.82. The Hall–Kier alpha value is -2.11. The number of carbonyl (C=O) groups excluding carboxylic acids is 2. The molecule has 6 nitrogen and oxygen atoms in total. The van der Waals surface area contributed by atoms with Gasteiger partial charge in [-0.25, -0.2) is 10.2 Å². The van der Waals surface area contributed by atoms with Crippen LogP contribution in [0.1, 0.15) is 26.3 Å². The van der Waals surface area contributed by atoms with Crippen molar-refractivity contribution in [2.24, 2.45) is 5.10 Å². The number of hydrazone groups is 1. The molecule has 146 valence electrons. The van der Waals surface area contributed by atoms with Crippen LogP contribution < -0.4 is 10.2 Å². The van der Waals surface area contributed by atoms with Gasteiger partial charge in [0, 0.05) is 31.6 Å². The third-order valence-electron chi connectivity index (χ3n) is 3.64. The van der Waals surface area contributed by atoms with Crippen molar-refractivity contribution in [1.29, 1.82) is 0 Å². The smallest absolute Gasteiger partial charge is 0.344 e.